The van der Waals surface area contributed by atoms with Crippen molar-refractivity contribution < 1.29 is 4.92 Å². The van der Waals surface area contributed by atoms with Crippen LogP contribution in [0.3, 0.4) is 0 Å². The molecule has 0 aliphatic carbocycles. The van der Waals surface area contributed by atoms with Gasteiger partial charge < -0.3 is 4.90 Å². The molecule has 0 aliphatic rings. The van der Waals surface area contributed by atoms with Gasteiger partial charge in [-0.2, -0.15) is 0 Å². The number of aryl methyl sites for hydroxylation is 1. The van der Waals surface area contributed by atoms with Crippen molar-refractivity contribution in [2.75, 3.05) is 11.9 Å². The first-order valence-corrected chi connectivity index (χ1v) is 7.14. The van der Waals surface area contributed by atoms with E-state index >= 15 is 0 Å². The molecule has 0 aliphatic heterocycles. The zero-order valence-electron chi connectivity index (χ0n) is 12.0. The van der Waals surface area contributed by atoms with Gasteiger partial charge in [0.05, 0.1) is 4.92 Å². The monoisotopic (exact) mass is 304 g/mol. The van der Waals surface area contributed by atoms with Crippen LogP contribution in [0.1, 0.15) is 16.7 Å². The third-order valence-electron chi connectivity index (χ3n) is 3.33. The molecule has 0 atom stereocenters. The van der Waals surface area contributed by atoms with Crippen LogP contribution in [0.5, 0.6) is 0 Å². The van der Waals surface area contributed by atoms with Gasteiger partial charge in [0, 0.05) is 37.3 Å². The number of benzene rings is 2. The summed E-state index contributed by atoms with van der Waals surface area (Å²) in [5.74, 6) is 0.245. The van der Waals surface area contributed by atoms with Gasteiger partial charge in [-0.05, 0) is 24.1 Å². The summed E-state index contributed by atoms with van der Waals surface area (Å²) in [5.41, 5.74) is 4.15. The van der Waals surface area contributed by atoms with Gasteiger partial charge in [0.15, 0.2) is 0 Å². The maximum absolute atomic E-state index is 10.8. The fourth-order valence-corrected chi connectivity index (χ4v) is 2.55. The summed E-state index contributed by atoms with van der Waals surface area (Å²) >= 11 is 5.93. The van der Waals surface area contributed by atoms with Gasteiger partial charge in [-0.3, -0.25) is 10.1 Å². The van der Waals surface area contributed by atoms with Crippen molar-refractivity contribution in [3.8, 4) is 0 Å². The number of nitro benzene ring substituents is 1. The summed E-state index contributed by atoms with van der Waals surface area (Å²) in [5, 5.41) is 10.8. The normalized spacial score (nSPS) is 10.4. The fourth-order valence-electron chi connectivity index (χ4n) is 2.33. The maximum Gasteiger partial charge on any atom is 0.269 e. The summed E-state index contributed by atoms with van der Waals surface area (Å²) in [6.45, 7) is 2.78. The number of nitro groups is 1. The zero-order chi connectivity index (χ0) is 15.4. The van der Waals surface area contributed by atoms with Gasteiger partial charge in [-0.25, -0.2) is 0 Å². The highest BCUT2D eigenvalue weighted by molar-refractivity contribution is 6.17. The van der Waals surface area contributed by atoms with Crippen LogP contribution in [0.15, 0.2) is 42.5 Å². The van der Waals surface area contributed by atoms with E-state index < -0.39 is 4.92 Å². The molecule has 0 radical (unpaired) electrons. The summed E-state index contributed by atoms with van der Waals surface area (Å²) < 4.78 is 0. The van der Waals surface area contributed by atoms with E-state index in [2.05, 4.69) is 30.0 Å². The van der Waals surface area contributed by atoms with Gasteiger partial charge in [0.1, 0.15) is 0 Å². The van der Waals surface area contributed by atoms with E-state index in [1.54, 1.807) is 6.07 Å². The van der Waals surface area contributed by atoms with E-state index in [9.17, 15) is 10.1 Å². The summed E-state index contributed by atoms with van der Waals surface area (Å²) in [7, 11) is 1.96. The quantitative estimate of drug-likeness (QED) is 0.470. The Bertz CT molecular complexity index is 658. The Morgan fingerprint density at radius 2 is 2.00 bits per heavy atom. The molecule has 5 heteroatoms. The molecule has 21 heavy (non-hydrogen) atoms. The standard InChI is InChI=1S/C16H17ClN2O2/c1-12-4-3-5-13(8-12)11-18(2)16-7-6-15(19(20)21)9-14(16)10-17/h3-9H,10-11H2,1-2H3. The number of nitrogens with zero attached hydrogens (tertiary/aromatic N) is 2. The van der Waals surface area contributed by atoms with Crippen LogP contribution in [0.2, 0.25) is 0 Å². The number of halogens is 1. The van der Waals surface area contributed by atoms with E-state index in [-0.39, 0.29) is 11.6 Å². The number of anilines is 1. The van der Waals surface area contributed by atoms with Crippen molar-refractivity contribution in [2.24, 2.45) is 0 Å². The molecule has 0 N–H and O–H groups in total. The topological polar surface area (TPSA) is 46.4 Å². The van der Waals surface area contributed by atoms with E-state index in [1.807, 2.05) is 13.1 Å². The lowest BCUT2D eigenvalue weighted by Gasteiger charge is -2.22. The molecule has 0 heterocycles. The number of hydrogen-bond donors (Lipinski definition) is 0. The molecule has 110 valence electrons. The molecule has 0 bridgehead atoms. The Morgan fingerprint density at radius 1 is 1.24 bits per heavy atom. The third-order valence-corrected chi connectivity index (χ3v) is 3.62. The van der Waals surface area contributed by atoms with Gasteiger partial charge in [-0.15, -0.1) is 11.6 Å². The van der Waals surface area contributed by atoms with Crippen molar-refractivity contribution in [3.05, 3.63) is 69.3 Å². The Labute approximate surface area is 129 Å². The highest BCUT2D eigenvalue weighted by atomic mass is 35.5. The number of rotatable bonds is 5. The molecule has 0 spiro atoms. The largest absolute Gasteiger partial charge is 0.370 e. The summed E-state index contributed by atoms with van der Waals surface area (Å²) in [4.78, 5) is 12.5. The van der Waals surface area contributed by atoms with Crippen LogP contribution in [0.4, 0.5) is 11.4 Å². The third kappa shape index (κ3) is 3.73. The Balaban J connectivity index is 2.26. The van der Waals surface area contributed by atoms with Crippen LogP contribution in [0, 0.1) is 17.0 Å². The number of non-ortho nitro benzene ring substituents is 1. The van der Waals surface area contributed by atoms with Crippen LogP contribution >= 0.6 is 11.6 Å². The van der Waals surface area contributed by atoms with E-state index in [1.165, 1.54) is 23.3 Å². The lowest BCUT2D eigenvalue weighted by Crippen LogP contribution is -2.18. The van der Waals surface area contributed by atoms with Gasteiger partial charge >= 0.3 is 0 Å². The zero-order valence-corrected chi connectivity index (χ0v) is 12.8. The van der Waals surface area contributed by atoms with Gasteiger partial charge in [0.25, 0.3) is 5.69 Å². The molecule has 0 aromatic heterocycles. The molecule has 0 saturated carbocycles. The molecule has 4 nitrogen and oxygen atoms in total. The van der Waals surface area contributed by atoms with Crippen molar-refractivity contribution >= 4 is 23.0 Å². The van der Waals surface area contributed by atoms with Gasteiger partial charge in [0.2, 0.25) is 0 Å². The average Bonchev–Trinajstić information content (AvgIpc) is 2.46. The smallest absolute Gasteiger partial charge is 0.269 e. The van der Waals surface area contributed by atoms with Crippen molar-refractivity contribution in [3.63, 3.8) is 0 Å². The number of hydrogen-bond acceptors (Lipinski definition) is 3. The average molecular weight is 305 g/mol. The van der Waals surface area contributed by atoms with Crippen molar-refractivity contribution in [2.45, 2.75) is 19.3 Å². The maximum atomic E-state index is 10.8. The molecule has 0 saturated heterocycles. The molecule has 2 aromatic rings. The molecule has 0 fully saturated rings. The first-order valence-electron chi connectivity index (χ1n) is 6.61. The second-order valence-corrected chi connectivity index (χ2v) is 5.32. The second kappa shape index (κ2) is 6.59. The highest BCUT2D eigenvalue weighted by Crippen LogP contribution is 2.27. The van der Waals surface area contributed by atoms with E-state index in [0.717, 1.165) is 17.8 Å². The summed E-state index contributed by atoms with van der Waals surface area (Å²) in [6.07, 6.45) is 0. The molecule has 2 rings (SSSR count). The Hall–Kier alpha value is -2.07. The Kier molecular flexibility index (Phi) is 4.81. The lowest BCUT2D eigenvalue weighted by molar-refractivity contribution is -0.384. The van der Waals surface area contributed by atoms with Crippen LogP contribution in [-0.2, 0) is 12.4 Å². The fraction of sp³-hybridized carbons (Fsp3) is 0.250. The summed E-state index contributed by atoms with van der Waals surface area (Å²) in [6, 6.07) is 13.1. The van der Waals surface area contributed by atoms with E-state index in [4.69, 9.17) is 11.6 Å². The molecular weight excluding hydrogens is 288 g/mol. The van der Waals surface area contributed by atoms with Gasteiger partial charge in [-0.1, -0.05) is 29.8 Å². The lowest BCUT2D eigenvalue weighted by atomic mass is 10.1. The number of alkyl halides is 1. The minimum atomic E-state index is -0.402. The first kappa shape index (κ1) is 15.3. The van der Waals surface area contributed by atoms with Crippen molar-refractivity contribution in [1.29, 1.82) is 0 Å². The first-order chi connectivity index (χ1) is 10.0. The predicted molar refractivity (Wildman–Crippen MR) is 85.9 cm³/mol. The SMILES string of the molecule is Cc1cccc(CN(C)c2ccc([N+](=O)[O-])cc2CCl)c1. The molecule has 2 aromatic carbocycles. The molecular formula is C16H17ClN2O2. The molecule has 0 amide bonds. The van der Waals surface area contributed by atoms with Crippen LogP contribution in [0.25, 0.3) is 0 Å². The molecule has 0 unspecified atom stereocenters. The predicted octanol–water partition coefficient (Wildman–Crippen LogP) is 4.28. The van der Waals surface area contributed by atoms with E-state index in [0.29, 0.717) is 0 Å². The minimum Gasteiger partial charge on any atom is -0.370 e. The Morgan fingerprint density at radius 3 is 2.62 bits per heavy atom. The second-order valence-electron chi connectivity index (χ2n) is 5.05. The van der Waals surface area contributed by atoms with Crippen molar-refractivity contribution in [1.82, 2.24) is 0 Å². The minimum absolute atomic E-state index is 0.0679. The highest BCUT2D eigenvalue weighted by Gasteiger charge is 2.13. The van der Waals surface area contributed by atoms with Crippen LogP contribution < -0.4 is 4.90 Å². The van der Waals surface area contributed by atoms with Crippen LogP contribution in [-0.4, -0.2) is 12.0 Å².